The molecule has 2 rings (SSSR count). The SMILES string of the molecule is NC1(C(=O)Nc2cccc(Cl)c2F)CCOCC1. The third-order valence-corrected chi connectivity index (χ3v) is 3.33. The summed E-state index contributed by atoms with van der Waals surface area (Å²) in [5.74, 6) is -1.06. The van der Waals surface area contributed by atoms with Crippen molar-refractivity contribution in [3.63, 3.8) is 0 Å². The van der Waals surface area contributed by atoms with Crippen molar-refractivity contribution in [2.24, 2.45) is 5.73 Å². The van der Waals surface area contributed by atoms with E-state index in [-0.39, 0.29) is 10.7 Å². The Morgan fingerprint density at radius 3 is 2.78 bits per heavy atom. The van der Waals surface area contributed by atoms with Crippen LogP contribution >= 0.6 is 11.6 Å². The van der Waals surface area contributed by atoms with Crippen LogP contribution in [0.3, 0.4) is 0 Å². The first-order chi connectivity index (χ1) is 8.53. The molecule has 1 aromatic carbocycles. The normalized spacial score (nSPS) is 18.4. The van der Waals surface area contributed by atoms with Gasteiger partial charge >= 0.3 is 0 Å². The lowest BCUT2D eigenvalue weighted by Crippen LogP contribution is -2.54. The maximum atomic E-state index is 13.6. The van der Waals surface area contributed by atoms with E-state index in [9.17, 15) is 9.18 Å². The number of anilines is 1. The highest BCUT2D eigenvalue weighted by atomic mass is 35.5. The van der Waals surface area contributed by atoms with Gasteiger partial charge in [0.2, 0.25) is 5.91 Å². The van der Waals surface area contributed by atoms with Gasteiger partial charge in [0, 0.05) is 13.2 Å². The second-order valence-electron chi connectivity index (χ2n) is 4.32. The van der Waals surface area contributed by atoms with Gasteiger partial charge in [0.15, 0.2) is 5.82 Å². The Morgan fingerprint density at radius 2 is 2.11 bits per heavy atom. The van der Waals surface area contributed by atoms with Crippen LogP contribution in [-0.2, 0) is 9.53 Å². The predicted octanol–water partition coefficient (Wildman–Crippen LogP) is 1.93. The molecule has 4 nitrogen and oxygen atoms in total. The quantitative estimate of drug-likeness (QED) is 0.865. The Kier molecular flexibility index (Phi) is 3.85. The first-order valence-corrected chi connectivity index (χ1v) is 6.03. The molecule has 0 spiro atoms. The van der Waals surface area contributed by atoms with E-state index in [0.29, 0.717) is 26.1 Å². The Labute approximate surface area is 109 Å². The summed E-state index contributed by atoms with van der Waals surface area (Å²) in [6.07, 6.45) is 0.835. The molecule has 98 valence electrons. The molecule has 18 heavy (non-hydrogen) atoms. The van der Waals surface area contributed by atoms with Crippen LogP contribution in [0.1, 0.15) is 12.8 Å². The molecule has 1 aromatic rings. The third kappa shape index (κ3) is 2.63. The number of halogens is 2. The molecule has 6 heteroatoms. The van der Waals surface area contributed by atoms with Gasteiger partial charge < -0.3 is 15.8 Å². The van der Waals surface area contributed by atoms with Crippen molar-refractivity contribution in [2.75, 3.05) is 18.5 Å². The van der Waals surface area contributed by atoms with E-state index < -0.39 is 17.3 Å². The molecule has 0 atom stereocenters. The molecule has 1 fully saturated rings. The fraction of sp³-hybridized carbons (Fsp3) is 0.417. The van der Waals surface area contributed by atoms with Gasteiger partial charge in [-0.1, -0.05) is 17.7 Å². The summed E-state index contributed by atoms with van der Waals surface area (Å²) in [6, 6.07) is 4.43. The van der Waals surface area contributed by atoms with Gasteiger partial charge in [-0.05, 0) is 25.0 Å². The number of benzene rings is 1. The summed E-state index contributed by atoms with van der Waals surface area (Å²) in [7, 11) is 0. The number of hydrogen-bond donors (Lipinski definition) is 2. The minimum atomic E-state index is -1.01. The molecule has 0 aromatic heterocycles. The molecular formula is C12H14ClFN2O2. The summed E-state index contributed by atoms with van der Waals surface area (Å²) in [5.41, 5.74) is 5.03. The number of hydrogen-bond acceptors (Lipinski definition) is 3. The number of ether oxygens (including phenoxy) is 1. The second-order valence-corrected chi connectivity index (χ2v) is 4.73. The number of rotatable bonds is 2. The fourth-order valence-corrected chi connectivity index (χ4v) is 1.98. The first kappa shape index (κ1) is 13.3. The summed E-state index contributed by atoms with van der Waals surface area (Å²) >= 11 is 5.64. The van der Waals surface area contributed by atoms with Crippen molar-refractivity contribution in [1.82, 2.24) is 0 Å². The van der Waals surface area contributed by atoms with Gasteiger partial charge in [-0.15, -0.1) is 0 Å². The van der Waals surface area contributed by atoms with Gasteiger partial charge in [-0.2, -0.15) is 0 Å². The van der Waals surface area contributed by atoms with Crippen LogP contribution in [0.25, 0.3) is 0 Å². The maximum absolute atomic E-state index is 13.6. The number of carbonyl (C=O) groups excluding carboxylic acids is 1. The Hall–Kier alpha value is -1.17. The van der Waals surface area contributed by atoms with Crippen LogP contribution in [-0.4, -0.2) is 24.7 Å². The number of amides is 1. The average molecular weight is 273 g/mol. The molecular weight excluding hydrogens is 259 g/mol. The highest BCUT2D eigenvalue weighted by Gasteiger charge is 2.36. The highest BCUT2D eigenvalue weighted by Crippen LogP contribution is 2.24. The van der Waals surface area contributed by atoms with Gasteiger partial charge in [-0.25, -0.2) is 4.39 Å². The zero-order valence-electron chi connectivity index (χ0n) is 9.71. The van der Waals surface area contributed by atoms with Crippen LogP contribution < -0.4 is 11.1 Å². The Bertz CT molecular complexity index is 461. The van der Waals surface area contributed by atoms with Crippen molar-refractivity contribution >= 4 is 23.2 Å². The van der Waals surface area contributed by atoms with Gasteiger partial charge in [0.1, 0.15) is 5.54 Å². The number of nitrogens with one attached hydrogen (secondary N) is 1. The monoisotopic (exact) mass is 272 g/mol. The molecule has 1 saturated heterocycles. The molecule has 1 aliphatic heterocycles. The Balaban J connectivity index is 2.13. The average Bonchev–Trinajstić information content (AvgIpc) is 2.36. The Morgan fingerprint density at radius 1 is 1.44 bits per heavy atom. The van der Waals surface area contributed by atoms with Crippen molar-refractivity contribution in [2.45, 2.75) is 18.4 Å². The minimum Gasteiger partial charge on any atom is -0.381 e. The van der Waals surface area contributed by atoms with Gasteiger partial charge in [0.05, 0.1) is 10.7 Å². The summed E-state index contributed by atoms with van der Waals surface area (Å²) in [5, 5.41) is 2.45. The van der Waals surface area contributed by atoms with E-state index in [2.05, 4.69) is 5.32 Å². The molecule has 3 N–H and O–H groups in total. The lowest BCUT2D eigenvalue weighted by molar-refractivity contribution is -0.124. The van der Waals surface area contributed by atoms with Crippen LogP contribution in [0.2, 0.25) is 5.02 Å². The van der Waals surface area contributed by atoms with Crippen LogP contribution in [0, 0.1) is 5.82 Å². The minimum absolute atomic E-state index is 0.0363. The van der Waals surface area contributed by atoms with Crippen molar-refractivity contribution in [3.05, 3.63) is 29.0 Å². The largest absolute Gasteiger partial charge is 0.381 e. The van der Waals surface area contributed by atoms with Crippen molar-refractivity contribution in [3.8, 4) is 0 Å². The lowest BCUT2D eigenvalue weighted by atomic mass is 9.90. The number of carbonyl (C=O) groups is 1. The number of nitrogens with two attached hydrogens (primary N) is 1. The lowest BCUT2D eigenvalue weighted by Gasteiger charge is -2.31. The van der Waals surface area contributed by atoms with Crippen molar-refractivity contribution < 1.29 is 13.9 Å². The van der Waals surface area contributed by atoms with Crippen LogP contribution in [0.15, 0.2) is 18.2 Å². The fourth-order valence-electron chi connectivity index (χ4n) is 1.81. The third-order valence-electron chi connectivity index (χ3n) is 3.04. The van der Waals surface area contributed by atoms with E-state index in [1.165, 1.54) is 12.1 Å². The van der Waals surface area contributed by atoms with Crippen molar-refractivity contribution in [1.29, 1.82) is 0 Å². The van der Waals surface area contributed by atoms with Crippen LogP contribution in [0.5, 0.6) is 0 Å². The van der Waals surface area contributed by atoms with E-state index >= 15 is 0 Å². The first-order valence-electron chi connectivity index (χ1n) is 5.65. The maximum Gasteiger partial charge on any atom is 0.244 e. The van der Waals surface area contributed by atoms with E-state index in [4.69, 9.17) is 22.1 Å². The standard InChI is InChI=1S/C12H14ClFN2O2/c13-8-2-1-3-9(10(8)14)16-11(17)12(15)4-6-18-7-5-12/h1-3H,4-7,15H2,(H,16,17). The summed E-state index contributed by atoms with van der Waals surface area (Å²) < 4.78 is 18.8. The van der Waals surface area contributed by atoms with E-state index in [0.717, 1.165) is 0 Å². The molecule has 1 aliphatic rings. The topological polar surface area (TPSA) is 64.4 Å². The molecule has 1 heterocycles. The molecule has 1 amide bonds. The second kappa shape index (κ2) is 5.22. The molecule has 0 saturated carbocycles. The molecule has 0 aliphatic carbocycles. The van der Waals surface area contributed by atoms with E-state index in [1.54, 1.807) is 6.07 Å². The molecule has 0 radical (unpaired) electrons. The van der Waals surface area contributed by atoms with Gasteiger partial charge in [-0.3, -0.25) is 4.79 Å². The molecule has 0 bridgehead atoms. The van der Waals surface area contributed by atoms with Gasteiger partial charge in [0.25, 0.3) is 0 Å². The predicted molar refractivity (Wildman–Crippen MR) is 67.0 cm³/mol. The zero-order chi connectivity index (χ0) is 13.2. The smallest absolute Gasteiger partial charge is 0.244 e. The van der Waals surface area contributed by atoms with E-state index in [1.807, 2.05) is 0 Å². The summed E-state index contributed by atoms with van der Waals surface area (Å²) in [6.45, 7) is 0.865. The van der Waals surface area contributed by atoms with Crippen LogP contribution in [0.4, 0.5) is 10.1 Å². The summed E-state index contributed by atoms with van der Waals surface area (Å²) in [4.78, 5) is 12.1. The zero-order valence-corrected chi connectivity index (χ0v) is 10.5. The molecule has 0 unspecified atom stereocenters. The highest BCUT2D eigenvalue weighted by molar-refractivity contribution is 6.31.